The summed E-state index contributed by atoms with van der Waals surface area (Å²) in [4.78, 5) is 37.5. The molecule has 1 aliphatic rings. The van der Waals surface area contributed by atoms with Crippen LogP contribution in [0.1, 0.15) is 17.0 Å². The maximum Gasteiger partial charge on any atom is 0.298 e. The van der Waals surface area contributed by atoms with Crippen molar-refractivity contribution in [3.8, 4) is 5.69 Å². The molecule has 2 heterocycles. The number of imide groups is 1. The first-order valence-corrected chi connectivity index (χ1v) is 10.4. The zero-order chi connectivity index (χ0) is 22.3. The Balaban J connectivity index is 1.71. The Morgan fingerprint density at radius 2 is 1.74 bits per heavy atom. The number of hydrogen-bond donors (Lipinski definition) is 0. The van der Waals surface area contributed by atoms with Crippen molar-refractivity contribution in [2.45, 2.75) is 13.8 Å². The van der Waals surface area contributed by atoms with E-state index in [-0.39, 0.29) is 5.69 Å². The van der Waals surface area contributed by atoms with Gasteiger partial charge in [-0.1, -0.05) is 23.7 Å². The summed E-state index contributed by atoms with van der Waals surface area (Å²) in [6, 6.07) is 14.8. The summed E-state index contributed by atoms with van der Waals surface area (Å²) < 4.78 is 1.88. The van der Waals surface area contributed by atoms with Crippen LogP contribution in [0.3, 0.4) is 0 Å². The van der Waals surface area contributed by atoms with E-state index in [0.717, 1.165) is 33.6 Å². The number of thioether (sulfide) groups is 1. The van der Waals surface area contributed by atoms with Crippen LogP contribution >= 0.6 is 23.4 Å². The topological polar surface area (TPSA) is 85.5 Å². The largest absolute Gasteiger partial charge is 0.318 e. The molecule has 156 valence electrons. The van der Waals surface area contributed by atoms with Crippen LogP contribution in [0.25, 0.3) is 11.8 Å². The zero-order valence-corrected chi connectivity index (χ0v) is 18.1. The normalized spacial score (nSPS) is 15.2. The van der Waals surface area contributed by atoms with Crippen LogP contribution in [0.4, 0.5) is 16.2 Å². The summed E-state index contributed by atoms with van der Waals surface area (Å²) in [5.74, 6) is -0.419. The van der Waals surface area contributed by atoms with E-state index in [1.165, 1.54) is 12.1 Å². The maximum atomic E-state index is 12.9. The van der Waals surface area contributed by atoms with Gasteiger partial charge in [0.2, 0.25) is 0 Å². The molecule has 0 bridgehead atoms. The Hall–Kier alpha value is -3.36. The second-order valence-electron chi connectivity index (χ2n) is 6.94. The van der Waals surface area contributed by atoms with Crippen LogP contribution in [0.5, 0.6) is 0 Å². The Bertz CT molecular complexity index is 1280. The van der Waals surface area contributed by atoms with Crippen LogP contribution in [-0.2, 0) is 4.79 Å². The van der Waals surface area contributed by atoms with Crippen molar-refractivity contribution >= 4 is 52.0 Å². The van der Waals surface area contributed by atoms with Gasteiger partial charge >= 0.3 is 0 Å². The quantitative estimate of drug-likeness (QED) is 0.279. The number of nitrogens with zero attached hydrogens (tertiary/aromatic N) is 3. The van der Waals surface area contributed by atoms with Crippen molar-refractivity contribution < 1.29 is 14.5 Å². The lowest BCUT2D eigenvalue weighted by atomic mass is 10.2. The molecule has 1 fully saturated rings. The highest BCUT2D eigenvalue weighted by molar-refractivity contribution is 8.19. The van der Waals surface area contributed by atoms with Crippen molar-refractivity contribution in [2.75, 3.05) is 4.90 Å². The monoisotopic (exact) mass is 453 g/mol. The van der Waals surface area contributed by atoms with E-state index in [9.17, 15) is 19.7 Å². The first kappa shape index (κ1) is 20.9. The number of benzene rings is 2. The number of amides is 2. The van der Waals surface area contributed by atoms with Gasteiger partial charge in [-0.15, -0.1) is 0 Å². The third-order valence-corrected chi connectivity index (χ3v) is 6.02. The predicted molar refractivity (Wildman–Crippen MR) is 122 cm³/mol. The smallest absolute Gasteiger partial charge is 0.298 e. The van der Waals surface area contributed by atoms with Gasteiger partial charge in [0.05, 0.1) is 21.2 Å². The molecule has 9 heteroatoms. The van der Waals surface area contributed by atoms with Crippen molar-refractivity contribution in [1.29, 1.82) is 0 Å². The molecule has 0 N–H and O–H groups in total. The first-order chi connectivity index (χ1) is 14.8. The van der Waals surface area contributed by atoms with Gasteiger partial charge in [-0.2, -0.15) is 0 Å². The fourth-order valence-corrected chi connectivity index (χ4v) is 4.54. The Morgan fingerprint density at radius 3 is 2.45 bits per heavy atom. The van der Waals surface area contributed by atoms with Crippen molar-refractivity contribution in [3.05, 3.63) is 91.6 Å². The molecule has 2 aromatic carbocycles. The fourth-order valence-electron chi connectivity index (χ4n) is 3.52. The van der Waals surface area contributed by atoms with E-state index < -0.39 is 16.1 Å². The van der Waals surface area contributed by atoms with E-state index in [2.05, 4.69) is 0 Å². The minimum absolute atomic E-state index is 0.00538. The van der Waals surface area contributed by atoms with Gasteiger partial charge < -0.3 is 4.57 Å². The second-order valence-corrected chi connectivity index (χ2v) is 8.37. The van der Waals surface area contributed by atoms with Gasteiger partial charge in [-0.3, -0.25) is 19.7 Å². The van der Waals surface area contributed by atoms with E-state index in [4.69, 9.17) is 11.6 Å². The van der Waals surface area contributed by atoms with Gasteiger partial charge in [0.15, 0.2) is 0 Å². The lowest BCUT2D eigenvalue weighted by molar-refractivity contribution is -0.384. The van der Waals surface area contributed by atoms with E-state index in [0.29, 0.717) is 21.3 Å². The third kappa shape index (κ3) is 3.87. The Kier molecular flexibility index (Phi) is 5.43. The zero-order valence-electron chi connectivity index (χ0n) is 16.5. The van der Waals surface area contributed by atoms with Crippen LogP contribution in [0.15, 0.2) is 59.5 Å². The first-order valence-electron chi connectivity index (χ1n) is 9.23. The highest BCUT2D eigenvalue weighted by Crippen LogP contribution is 2.37. The molecule has 0 aliphatic carbocycles. The molecule has 2 amide bonds. The van der Waals surface area contributed by atoms with Crippen molar-refractivity contribution in [3.63, 3.8) is 0 Å². The van der Waals surface area contributed by atoms with Gasteiger partial charge in [0.25, 0.3) is 16.8 Å². The third-order valence-electron chi connectivity index (χ3n) is 4.92. The number of rotatable bonds is 4. The number of nitro benzene ring substituents is 1. The molecule has 0 unspecified atom stereocenters. The number of hydrogen-bond acceptors (Lipinski definition) is 5. The number of aryl methyl sites for hydroxylation is 1. The highest BCUT2D eigenvalue weighted by atomic mass is 35.5. The van der Waals surface area contributed by atoms with Gasteiger partial charge in [0, 0.05) is 28.5 Å². The summed E-state index contributed by atoms with van der Waals surface area (Å²) in [5.41, 5.74) is 3.46. The fraction of sp³-hybridized carbons (Fsp3) is 0.0909. The minimum Gasteiger partial charge on any atom is -0.318 e. The number of aromatic nitrogens is 1. The predicted octanol–water partition coefficient (Wildman–Crippen LogP) is 5.90. The summed E-state index contributed by atoms with van der Waals surface area (Å²) in [6.45, 7) is 3.74. The minimum atomic E-state index is -0.440. The van der Waals surface area contributed by atoms with Crippen LogP contribution < -0.4 is 4.90 Å². The standard InChI is InChI=1S/C22H16ClN3O4S/c1-13-9-15(14(2)24(13)18-7-4-8-19(12-18)26(29)30)10-20-21(27)25(22(28)31-20)17-6-3-5-16(23)11-17/h3-12H,1-2H3/b20-10+. The molecule has 1 aromatic heterocycles. The summed E-state index contributed by atoms with van der Waals surface area (Å²) in [5, 5.41) is 11.2. The molecule has 0 spiro atoms. The molecule has 31 heavy (non-hydrogen) atoms. The van der Waals surface area contributed by atoms with Gasteiger partial charge in [-0.25, -0.2) is 4.90 Å². The molecule has 3 aromatic rings. The number of nitro groups is 1. The van der Waals surface area contributed by atoms with Crippen molar-refractivity contribution in [2.24, 2.45) is 0 Å². The highest BCUT2D eigenvalue weighted by Gasteiger charge is 2.36. The molecular weight excluding hydrogens is 438 g/mol. The number of non-ortho nitro benzene ring substituents is 1. The van der Waals surface area contributed by atoms with Crippen molar-refractivity contribution in [1.82, 2.24) is 4.57 Å². The average molecular weight is 454 g/mol. The van der Waals surface area contributed by atoms with Crippen LogP contribution in [0.2, 0.25) is 5.02 Å². The number of halogens is 1. The van der Waals surface area contributed by atoms with E-state index in [1.54, 1.807) is 42.5 Å². The van der Waals surface area contributed by atoms with E-state index >= 15 is 0 Å². The summed E-state index contributed by atoms with van der Waals surface area (Å²) >= 11 is 6.86. The maximum absolute atomic E-state index is 12.9. The summed E-state index contributed by atoms with van der Waals surface area (Å²) in [6.07, 6.45) is 1.67. The Labute approximate surface area is 187 Å². The molecule has 4 rings (SSSR count). The van der Waals surface area contributed by atoms with Crippen LogP contribution in [-0.4, -0.2) is 20.6 Å². The molecule has 1 saturated heterocycles. The van der Waals surface area contributed by atoms with Crippen LogP contribution in [0, 0.1) is 24.0 Å². The lowest BCUT2D eigenvalue weighted by Crippen LogP contribution is -2.27. The van der Waals surface area contributed by atoms with Gasteiger partial charge in [0.1, 0.15) is 0 Å². The Morgan fingerprint density at radius 1 is 1.03 bits per heavy atom. The number of carbonyl (C=O) groups excluding carboxylic acids is 2. The van der Waals surface area contributed by atoms with E-state index in [1.807, 2.05) is 24.5 Å². The molecule has 1 aliphatic heterocycles. The lowest BCUT2D eigenvalue weighted by Gasteiger charge is -2.12. The van der Waals surface area contributed by atoms with Gasteiger partial charge in [-0.05, 0) is 67.6 Å². The average Bonchev–Trinajstić information content (AvgIpc) is 3.16. The second kappa shape index (κ2) is 8.05. The SMILES string of the molecule is Cc1cc(/C=C2/SC(=O)N(c3cccc(Cl)c3)C2=O)c(C)n1-c1cccc([N+](=O)[O-])c1. The molecule has 0 atom stereocenters. The molecular formula is C22H16ClN3O4S. The molecule has 7 nitrogen and oxygen atoms in total. The molecule has 0 saturated carbocycles. The summed E-state index contributed by atoms with van der Waals surface area (Å²) in [7, 11) is 0. The molecule has 0 radical (unpaired) electrons. The number of anilines is 1. The number of carbonyl (C=O) groups is 2.